The van der Waals surface area contributed by atoms with Crippen LogP contribution in [0.5, 0.6) is 0 Å². The number of fused-ring (bicyclic) bond motifs is 1. The second-order valence-electron chi connectivity index (χ2n) is 4.62. The highest BCUT2D eigenvalue weighted by Crippen LogP contribution is 2.22. The number of aromatic amines is 1. The van der Waals surface area contributed by atoms with Crippen LogP contribution in [0.15, 0.2) is 40.1 Å². The van der Waals surface area contributed by atoms with E-state index in [4.69, 9.17) is 9.52 Å². The number of carboxylic acid groups (broad SMARTS) is 1. The predicted octanol–water partition coefficient (Wildman–Crippen LogP) is 0.773. The number of hydrogen-bond acceptors (Lipinski definition) is 5. The van der Waals surface area contributed by atoms with Gasteiger partial charge in [-0.25, -0.2) is 4.79 Å². The lowest BCUT2D eigenvalue weighted by molar-refractivity contribution is -0.138. The van der Waals surface area contributed by atoms with Crippen molar-refractivity contribution in [3.63, 3.8) is 0 Å². The topological polar surface area (TPSA) is 116 Å². The lowest BCUT2D eigenvalue weighted by atomic mass is 9.99. The standard InChI is InChI=1S/C14H16N2O5/c1-2-5-15-10(7-12(17)18)13(19)8-3-4-9-11(6-8)21-14(20)16-9/h2-4,6,10,13,15,19H,1,5,7H2,(H,16,20)(H,17,18). The molecule has 112 valence electrons. The Morgan fingerprint density at radius 1 is 1.52 bits per heavy atom. The van der Waals surface area contributed by atoms with E-state index in [-0.39, 0.29) is 6.42 Å². The Morgan fingerprint density at radius 3 is 2.95 bits per heavy atom. The van der Waals surface area contributed by atoms with Crippen LogP contribution in [0, 0.1) is 0 Å². The molecule has 2 aromatic rings. The molecular formula is C14H16N2O5. The summed E-state index contributed by atoms with van der Waals surface area (Å²) in [6.07, 6.45) is 0.283. The van der Waals surface area contributed by atoms with Crippen LogP contribution in [0.25, 0.3) is 11.1 Å². The van der Waals surface area contributed by atoms with Crippen LogP contribution in [-0.2, 0) is 4.79 Å². The summed E-state index contributed by atoms with van der Waals surface area (Å²) < 4.78 is 4.93. The molecule has 0 aliphatic carbocycles. The molecule has 0 amide bonds. The molecule has 7 nitrogen and oxygen atoms in total. The molecule has 0 bridgehead atoms. The van der Waals surface area contributed by atoms with Gasteiger partial charge in [0.05, 0.1) is 18.0 Å². The van der Waals surface area contributed by atoms with Crippen molar-refractivity contribution in [2.24, 2.45) is 0 Å². The van der Waals surface area contributed by atoms with Crippen LogP contribution in [0.4, 0.5) is 0 Å². The SMILES string of the molecule is C=CCNC(CC(=O)O)C(O)c1ccc2[nH]c(=O)oc2c1. The zero-order valence-electron chi connectivity index (χ0n) is 11.2. The molecule has 2 unspecified atom stereocenters. The van der Waals surface area contributed by atoms with Crippen molar-refractivity contribution in [1.29, 1.82) is 0 Å². The average molecular weight is 292 g/mol. The minimum Gasteiger partial charge on any atom is -0.481 e. The Hall–Kier alpha value is -2.38. The van der Waals surface area contributed by atoms with Crippen molar-refractivity contribution in [3.05, 3.63) is 47.0 Å². The monoisotopic (exact) mass is 292 g/mol. The molecule has 7 heteroatoms. The highest BCUT2D eigenvalue weighted by atomic mass is 16.4. The number of benzene rings is 1. The second-order valence-corrected chi connectivity index (χ2v) is 4.62. The molecule has 2 rings (SSSR count). The van der Waals surface area contributed by atoms with Crippen molar-refractivity contribution >= 4 is 17.1 Å². The van der Waals surface area contributed by atoms with Crippen LogP contribution in [-0.4, -0.2) is 33.8 Å². The molecule has 2 atom stereocenters. The number of aliphatic carboxylic acids is 1. The summed E-state index contributed by atoms with van der Waals surface area (Å²) in [4.78, 5) is 24.5. The van der Waals surface area contributed by atoms with Gasteiger partial charge in [0.2, 0.25) is 0 Å². The van der Waals surface area contributed by atoms with Crippen LogP contribution < -0.4 is 11.1 Å². The first kappa shape index (κ1) is 15.0. The van der Waals surface area contributed by atoms with Gasteiger partial charge in [0, 0.05) is 12.6 Å². The maximum atomic E-state index is 11.1. The van der Waals surface area contributed by atoms with Gasteiger partial charge in [-0.1, -0.05) is 12.1 Å². The summed E-state index contributed by atoms with van der Waals surface area (Å²) in [5, 5.41) is 22.1. The Morgan fingerprint density at radius 2 is 2.29 bits per heavy atom. The first-order chi connectivity index (χ1) is 10.0. The Kier molecular flexibility index (Phi) is 4.56. The number of aromatic nitrogens is 1. The smallest absolute Gasteiger partial charge is 0.417 e. The third kappa shape index (κ3) is 3.59. The fourth-order valence-corrected chi connectivity index (χ4v) is 2.10. The Balaban J connectivity index is 2.27. The molecule has 21 heavy (non-hydrogen) atoms. The number of carbonyl (C=O) groups is 1. The van der Waals surface area contributed by atoms with Gasteiger partial charge in [0.25, 0.3) is 0 Å². The summed E-state index contributed by atoms with van der Waals surface area (Å²) in [6, 6.07) is 4.05. The molecule has 0 fully saturated rings. The van der Waals surface area contributed by atoms with Gasteiger partial charge < -0.3 is 19.9 Å². The zero-order chi connectivity index (χ0) is 15.4. The van der Waals surface area contributed by atoms with E-state index >= 15 is 0 Å². The molecule has 4 N–H and O–H groups in total. The number of aliphatic hydroxyl groups is 1. The van der Waals surface area contributed by atoms with Crippen LogP contribution in [0.2, 0.25) is 0 Å². The lowest BCUT2D eigenvalue weighted by Crippen LogP contribution is -2.37. The number of rotatable bonds is 7. The molecular weight excluding hydrogens is 276 g/mol. The average Bonchev–Trinajstić information content (AvgIpc) is 2.81. The molecule has 0 aliphatic heterocycles. The Labute approximate surface area is 119 Å². The fourth-order valence-electron chi connectivity index (χ4n) is 2.10. The van der Waals surface area contributed by atoms with E-state index in [1.807, 2.05) is 0 Å². The zero-order valence-corrected chi connectivity index (χ0v) is 11.2. The molecule has 0 radical (unpaired) electrons. The van der Waals surface area contributed by atoms with Gasteiger partial charge in [-0.05, 0) is 17.7 Å². The number of H-pyrrole nitrogens is 1. The Bertz CT molecular complexity index is 703. The molecule has 0 aliphatic rings. The van der Waals surface area contributed by atoms with Gasteiger partial charge in [-0.3, -0.25) is 9.78 Å². The molecule has 0 spiro atoms. The third-order valence-corrected chi connectivity index (χ3v) is 3.09. The van der Waals surface area contributed by atoms with Crippen LogP contribution in [0.3, 0.4) is 0 Å². The van der Waals surface area contributed by atoms with Crippen molar-refractivity contribution in [1.82, 2.24) is 10.3 Å². The third-order valence-electron chi connectivity index (χ3n) is 3.09. The maximum Gasteiger partial charge on any atom is 0.417 e. The van der Waals surface area contributed by atoms with Gasteiger partial charge in [0.15, 0.2) is 5.58 Å². The largest absolute Gasteiger partial charge is 0.481 e. The first-order valence-corrected chi connectivity index (χ1v) is 6.38. The van der Waals surface area contributed by atoms with E-state index < -0.39 is 23.9 Å². The fraction of sp³-hybridized carbons (Fsp3) is 0.286. The minimum absolute atomic E-state index is 0.246. The van der Waals surface area contributed by atoms with Gasteiger partial charge in [0.1, 0.15) is 0 Å². The predicted molar refractivity (Wildman–Crippen MR) is 76.0 cm³/mol. The highest BCUT2D eigenvalue weighted by Gasteiger charge is 2.23. The van der Waals surface area contributed by atoms with E-state index in [1.54, 1.807) is 18.2 Å². The number of carboxylic acids is 1. The normalized spacial score (nSPS) is 14.0. The number of hydrogen-bond donors (Lipinski definition) is 4. The van der Waals surface area contributed by atoms with Crippen LogP contribution >= 0.6 is 0 Å². The van der Waals surface area contributed by atoms with Crippen molar-refractivity contribution in [2.75, 3.05) is 6.54 Å². The number of aliphatic hydroxyl groups excluding tert-OH is 1. The van der Waals surface area contributed by atoms with E-state index in [9.17, 15) is 14.7 Å². The second kappa shape index (κ2) is 6.38. The number of nitrogens with one attached hydrogen (secondary N) is 2. The van der Waals surface area contributed by atoms with Crippen molar-refractivity contribution < 1.29 is 19.4 Å². The first-order valence-electron chi connectivity index (χ1n) is 6.38. The maximum absolute atomic E-state index is 11.1. The summed E-state index contributed by atoms with van der Waals surface area (Å²) in [6.45, 7) is 3.91. The van der Waals surface area contributed by atoms with Gasteiger partial charge >= 0.3 is 11.7 Å². The molecule has 0 saturated carbocycles. The summed E-state index contributed by atoms with van der Waals surface area (Å²) in [5.74, 6) is -1.60. The number of oxazole rings is 1. The summed E-state index contributed by atoms with van der Waals surface area (Å²) in [7, 11) is 0. The molecule has 0 saturated heterocycles. The van der Waals surface area contributed by atoms with E-state index in [0.29, 0.717) is 23.2 Å². The van der Waals surface area contributed by atoms with E-state index in [2.05, 4.69) is 16.9 Å². The van der Waals surface area contributed by atoms with Gasteiger partial charge in [-0.2, -0.15) is 0 Å². The summed E-state index contributed by atoms with van der Waals surface area (Å²) >= 11 is 0. The lowest BCUT2D eigenvalue weighted by Gasteiger charge is -2.22. The highest BCUT2D eigenvalue weighted by molar-refractivity contribution is 5.73. The van der Waals surface area contributed by atoms with E-state index in [1.165, 1.54) is 6.07 Å². The van der Waals surface area contributed by atoms with Crippen molar-refractivity contribution in [3.8, 4) is 0 Å². The quantitative estimate of drug-likeness (QED) is 0.560. The van der Waals surface area contributed by atoms with Crippen LogP contribution in [0.1, 0.15) is 18.1 Å². The molecule has 1 heterocycles. The van der Waals surface area contributed by atoms with Gasteiger partial charge in [-0.15, -0.1) is 6.58 Å². The van der Waals surface area contributed by atoms with E-state index in [0.717, 1.165) is 0 Å². The molecule has 1 aromatic carbocycles. The van der Waals surface area contributed by atoms with Crippen molar-refractivity contribution in [2.45, 2.75) is 18.6 Å². The summed E-state index contributed by atoms with van der Waals surface area (Å²) in [5.41, 5.74) is 1.30. The minimum atomic E-state index is -1.05. The molecule has 1 aromatic heterocycles.